The van der Waals surface area contributed by atoms with Crippen LogP contribution in [0.15, 0.2) is 41.4 Å². The molecular formula is C22H24N4O8S. The molecular weight excluding hydrogens is 480 g/mol. The predicted octanol–water partition coefficient (Wildman–Crippen LogP) is 0.783. The van der Waals surface area contributed by atoms with Crippen LogP contribution in [-0.2, 0) is 14.8 Å². The normalized spacial score (nSPS) is 14.1. The second-order valence-electron chi connectivity index (χ2n) is 7.94. The van der Waals surface area contributed by atoms with Gasteiger partial charge in [-0.25, -0.2) is 18.1 Å². The van der Waals surface area contributed by atoms with Crippen LogP contribution in [0, 0.1) is 0 Å². The van der Waals surface area contributed by atoms with Crippen molar-refractivity contribution in [3.05, 3.63) is 53.3 Å². The van der Waals surface area contributed by atoms with Crippen LogP contribution in [0.3, 0.4) is 0 Å². The van der Waals surface area contributed by atoms with Gasteiger partial charge in [0.1, 0.15) is 12.3 Å². The van der Waals surface area contributed by atoms with Crippen molar-refractivity contribution in [1.29, 1.82) is 0 Å². The number of carbonyl (C=O) groups excluding carboxylic acids is 3. The van der Waals surface area contributed by atoms with Crippen LogP contribution in [0.5, 0.6) is 5.75 Å². The van der Waals surface area contributed by atoms with E-state index in [2.05, 4.69) is 10.3 Å². The molecule has 3 amide bonds. The number of aromatic hydroxyl groups is 1. The maximum absolute atomic E-state index is 12.6. The van der Waals surface area contributed by atoms with Gasteiger partial charge in [0.2, 0.25) is 0 Å². The molecule has 3 rings (SSSR count). The Labute approximate surface area is 200 Å². The molecule has 1 aliphatic carbocycles. The summed E-state index contributed by atoms with van der Waals surface area (Å²) < 4.78 is 27.0. The fourth-order valence-corrected chi connectivity index (χ4v) is 4.51. The van der Waals surface area contributed by atoms with Crippen molar-refractivity contribution in [3.8, 4) is 5.75 Å². The highest BCUT2D eigenvalue weighted by Gasteiger charge is 2.22. The molecule has 2 aromatic rings. The number of aromatic nitrogens is 1. The number of sulfonamides is 1. The van der Waals surface area contributed by atoms with E-state index in [1.54, 1.807) is 0 Å². The zero-order valence-electron chi connectivity index (χ0n) is 18.5. The maximum Gasteiger partial charge on any atom is 0.322 e. The molecule has 35 heavy (non-hydrogen) atoms. The van der Waals surface area contributed by atoms with E-state index >= 15 is 0 Å². The molecule has 1 aromatic heterocycles. The van der Waals surface area contributed by atoms with E-state index < -0.39 is 45.8 Å². The topological polar surface area (TPSA) is 192 Å². The van der Waals surface area contributed by atoms with Gasteiger partial charge in [0.15, 0.2) is 5.69 Å². The lowest BCUT2D eigenvalue weighted by Crippen LogP contribution is -2.36. The monoisotopic (exact) mass is 504 g/mol. The second kappa shape index (κ2) is 11.0. The molecule has 1 saturated carbocycles. The summed E-state index contributed by atoms with van der Waals surface area (Å²) in [4.78, 5) is 50.5. The molecule has 12 nitrogen and oxygen atoms in total. The number of carboxylic acid groups (broad SMARTS) is 1. The van der Waals surface area contributed by atoms with Gasteiger partial charge >= 0.3 is 5.97 Å². The summed E-state index contributed by atoms with van der Waals surface area (Å²) in [5.74, 6) is -4.47. The molecule has 5 N–H and O–H groups in total. The number of rotatable bonds is 8. The molecule has 0 radical (unpaired) electrons. The summed E-state index contributed by atoms with van der Waals surface area (Å²) >= 11 is 0. The van der Waals surface area contributed by atoms with Gasteiger partial charge in [0, 0.05) is 17.8 Å². The number of benzene rings is 1. The molecule has 13 heteroatoms. The molecule has 0 unspecified atom stereocenters. The van der Waals surface area contributed by atoms with Crippen molar-refractivity contribution in [3.63, 3.8) is 0 Å². The summed E-state index contributed by atoms with van der Waals surface area (Å²) in [7, 11) is -4.32. The molecule has 1 aromatic carbocycles. The van der Waals surface area contributed by atoms with Gasteiger partial charge in [-0.05, 0) is 43.2 Å². The minimum atomic E-state index is -4.32. The van der Waals surface area contributed by atoms with Gasteiger partial charge < -0.3 is 20.8 Å². The van der Waals surface area contributed by atoms with Crippen LogP contribution in [0.4, 0.5) is 0 Å². The minimum Gasteiger partial charge on any atom is -0.505 e. The van der Waals surface area contributed by atoms with Gasteiger partial charge in [0.05, 0.1) is 10.5 Å². The number of nitrogens with one attached hydrogen (secondary N) is 3. The summed E-state index contributed by atoms with van der Waals surface area (Å²) in [6, 6.07) is 5.99. The average molecular weight is 505 g/mol. The third-order valence-electron chi connectivity index (χ3n) is 5.34. The maximum atomic E-state index is 12.6. The molecule has 0 saturated heterocycles. The average Bonchev–Trinajstić information content (AvgIpc) is 2.83. The van der Waals surface area contributed by atoms with Crippen molar-refractivity contribution >= 4 is 33.7 Å². The number of carbonyl (C=O) groups is 4. The number of nitrogens with zero attached hydrogens (tertiary/aromatic N) is 1. The molecule has 1 aliphatic rings. The first-order chi connectivity index (χ1) is 16.6. The van der Waals surface area contributed by atoms with Crippen LogP contribution in [0.2, 0.25) is 0 Å². The fourth-order valence-electron chi connectivity index (χ4n) is 3.53. The van der Waals surface area contributed by atoms with Crippen molar-refractivity contribution in [2.45, 2.75) is 43.0 Å². The molecule has 1 heterocycles. The van der Waals surface area contributed by atoms with E-state index in [1.807, 2.05) is 10.0 Å². The zero-order chi connectivity index (χ0) is 25.6. The lowest BCUT2D eigenvalue weighted by molar-refractivity contribution is -0.135. The summed E-state index contributed by atoms with van der Waals surface area (Å²) in [6.07, 6.45) is 5.92. The number of amides is 3. The van der Waals surface area contributed by atoms with Gasteiger partial charge in [0.25, 0.3) is 27.7 Å². The Bertz CT molecular complexity index is 1240. The predicted molar refractivity (Wildman–Crippen MR) is 121 cm³/mol. The van der Waals surface area contributed by atoms with Gasteiger partial charge in [-0.1, -0.05) is 19.3 Å². The summed E-state index contributed by atoms with van der Waals surface area (Å²) in [5, 5.41) is 23.5. The number of pyridine rings is 1. The Hall–Kier alpha value is -4.00. The highest BCUT2D eigenvalue weighted by molar-refractivity contribution is 7.90. The largest absolute Gasteiger partial charge is 0.505 e. The summed E-state index contributed by atoms with van der Waals surface area (Å²) in [5.41, 5.74) is -0.608. The van der Waals surface area contributed by atoms with Crippen molar-refractivity contribution < 1.29 is 37.8 Å². The van der Waals surface area contributed by atoms with E-state index in [9.17, 15) is 32.7 Å². The Balaban J connectivity index is 1.65. The van der Waals surface area contributed by atoms with E-state index in [-0.39, 0.29) is 28.0 Å². The van der Waals surface area contributed by atoms with E-state index in [0.29, 0.717) is 0 Å². The first-order valence-corrected chi connectivity index (χ1v) is 12.2. The zero-order valence-corrected chi connectivity index (χ0v) is 19.3. The molecule has 1 fully saturated rings. The summed E-state index contributed by atoms with van der Waals surface area (Å²) in [6.45, 7) is -0.707. The Morgan fingerprint density at radius 1 is 0.943 bits per heavy atom. The fraction of sp³-hybridized carbons (Fsp3) is 0.318. The molecule has 186 valence electrons. The van der Waals surface area contributed by atoms with E-state index in [0.717, 1.165) is 44.4 Å². The van der Waals surface area contributed by atoms with Crippen LogP contribution in [0.25, 0.3) is 0 Å². The molecule has 0 atom stereocenters. The van der Waals surface area contributed by atoms with Crippen LogP contribution < -0.4 is 15.4 Å². The van der Waals surface area contributed by atoms with Crippen LogP contribution >= 0.6 is 0 Å². The van der Waals surface area contributed by atoms with E-state index in [4.69, 9.17) is 5.11 Å². The Morgan fingerprint density at radius 3 is 2.20 bits per heavy atom. The van der Waals surface area contributed by atoms with Gasteiger partial charge in [-0.3, -0.25) is 19.2 Å². The lowest BCUT2D eigenvalue weighted by atomic mass is 9.95. The quantitative estimate of drug-likeness (QED) is 0.345. The van der Waals surface area contributed by atoms with Crippen molar-refractivity contribution in [1.82, 2.24) is 20.3 Å². The van der Waals surface area contributed by atoms with Crippen molar-refractivity contribution in [2.75, 3.05) is 6.54 Å². The van der Waals surface area contributed by atoms with Gasteiger partial charge in [-0.2, -0.15) is 0 Å². The Morgan fingerprint density at radius 2 is 1.60 bits per heavy atom. The van der Waals surface area contributed by atoms with E-state index in [1.165, 1.54) is 24.3 Å². The molecule has 0 aliphatic heterocycles. The number of aliphatic carboxylic acids is 1. The number of hydrogen-bond donors (Lipinski definition) is 5. The minimum absolute atomic E-state index is 0.0959. The van der Waals surface area contributed by atoms with Gasteiger partial charge in [-0.15, -0.1) is 0 Å². The second-order valence-corrected chi connectivity index (χ2v) is 9.62. The van der Waals surface area contributed by atoms with Crippen LogP contribution in [0.1, 0.15) is 63.3 Å². The van der Waals surface area contributed by atoms with Crippen molar-refractivity contribution in [2.24, 2.45) is 0 Å². The standard InChI is InChI=1S/C22H24N4O8S/c27-17-10-14(11-23-19(17)22(32)24-12-18(28)29)21(31)26-35(33,34)16-8-6-13(7-9-16)20(30)25-15-4-2-1-3-5-15/h6-11,15,27H,1-5,12H2,(H,24,32)(H,25,30)(H,26,31)(H,28,29). The Kier molecular flexibility index (Phi) is 8.02. The third-order valence-corrected chi connectivity index (χ3v) is 6.69. The first kappa shape index (κ1) is 25.6. The first-order valence-electron chi connectivity index (χ1n) is 10.7. The lowest BCUT2D eigenvalue weighted by Gasteiger charge is -2.22. The highest BCUT2D eigenvalue weighted by Crippen LogP contribution is 2.19. The SMILES string of the molecule is O=C(O)CNC(=O)c1ncc(C(=O)NS(=O)(=O)c2ccc(C(=O)NC3CCCCC3)cc2)cc1O. The number of hydrogen-bond acceptors (Lipinski definition) is 8. The smallest absolute Gasteiger partial charge is 0.322 e. The number of carboxylic acids is 1. The molecule has 0 bridgehead atoms. The third kappa shape index (κ3) is 6.76. The van der Waals surface area contributed by atoms with Crippen LogP contribution in [-0.4, -0.2) is 59.9 Å². The highest BCUT2D eigenvalue weighted by atomic mass is 32.2. The molecule has 0 spiro atoms.